The van der Waals surface area contributed by atoms with Crippen molar-refractivity contribution in [1.29, 1.82) is 0 Å². The molecule has 0 aliphatic heterocycles. The Morgan fingerprint density at radius 1 is 1.44 bits per heavy atom. The van der Waals surface area contributed by atoms with E-state index in [4.69, 9.17) is 0 Å². The Balaban J connectivity index is 2.20. The van der Waals surface area contributed by atoms with E-state index in [0.717, 1.165) is 4.31 Å². The lowest BCUT2D eigenvalue weighted by molar-refractivity contribution is 0.465. The quantitative estimate of drug-likeness (QED) is 0.911. The van der Waals surface area contributed by atoms with Gasteiger partial charge in [0.1, 0.15) is 10.7 Å². The van der Waals surface area contributed by atoms with Crippen molar-refractivity contribution in [2.45, 2.75) is 11.4 Å². The number of benzene rings is 1. The summed E-state index contributed by atoms with van der Waals surface area (Å²) in [6, 6.07) is 5.84. The molecule has 1 aromatic heterocycles. The molecule has 1 N–H and O–H groups in total. The Morgan fingerprint density at radius 3 is 2.83 bits per heavy atom. The Labute approximate surface area is 104 Å². The van der Waals surface area contributed by atoms with E-state index in [2.05, 4.69) is 10.2 Å². The summed E-state index contributed by atoms with van der Waals surface area (Å²) in [7, 11) is -2.15. The Hall–Kier alpha value is -1.73. The molecular weight excluding hydrogens is 257 g/mol. The van der Waals surface area contributed by atoms with Crippen molar-refractivity contribution in [2.24, 2.45) is 0 Å². The largest absolute Gasteiger partial charge is 0.284 e. The standard InChI is InChI=1S/C11H12FN3O2S/c1-15(8-9-3-2-4-10(12)5-9)18(16,17)11-6-13-14-7-11/h2-7H,8H2,1H3,(H,13,14). The van der Waals surface area contributed by atoms with Crippen LogP contribution in [0.5, 0.6) is 0 Å². The van der Waals surface area contributed by atoms with E-state index in [0.29, 0.717) is 5.56 Å². The van der Waals surface area contributed by atoms with Gasteiger partial charge in [-0.3, -0.25) is 5.10 Å². The van der Waals surface area contributed by atoms with Gasteiger partial charge < -0.3 is 0 Å². The molecule has 0 aliphatic rings. The molecule has 0 aliphatic carbocycles. The van der Waals surface area contributed by atoms with Crippen LogP contribution in [0.3, 0.4) is 0 Å². The van der Waals surface area contributed by atoms with Gasteiger partial charge >= 0.3 is 0 Å². The van der Waals surface area contributed by atoms with Gasteiger partial charge in [0.25, 0.3) is 0 Å². The molecule has 0 fully saturated rings. The lowest BCUT2D eigenvalue weighted by Gasteiger charge is -2.15. The second-order valence-corrected chi connectivity index (χ2v) is 5.87. The maximum absolute atomic E-state index is 13.0. The first-order valence-corrected chi connectivity index (χ1v) is 6.64. The summed E-state index contributed by atoms with van der Waals surface area (Å²) in [6.07, 6.45) is 2.54. The monoisotopic (exact) mass is 269 g/mol. The van der Waals surface area contributed by atoms with Crippen LogP contribution in [-0.4, -0.2) is 30.0 Å². The first-order chi connectivity index (χ1) is 8.50. The van der Waals surface area contributed by atoms with Crippen LogP contribution in [0.1, 0.15) is 5.56 Å². The first-order valence-electron chi connectivity index (χ1n) is 5.20. The predicted octanol–water partition coefficient (Wildman–Crippen LogP) is 1.37. The SMILES string of the molecule is CN(Cc1cccc(F)c1)S(=O)(=O)c1cn[nH]c1. The van der Waals surface area contributed by atoms with Crippen LogP contribution in [0.25, 0.3) is 0 Å². The minimum absolute atomic E-state index is 0.0846. The van der Waals surface area contributed by atoms with Crippen LogP contribution in [0, 0.1) is 5.82 Å². The number of hydrogen-bond donors (Lipinski definition) is 1. The van der Waals surface area contributed by atoms with Gasteiger partial charge in [0, 0.05) is 19.8 Å². The third-order valence-electron chi connectivity index (χ3n) is 2.48. The van der Waals surface area contributed by atoms with Gasteiger partial charge in [-0.1, -0.05) is 12.1 Å². The molecule has 7 heteroatoms. The molecule has 1 heterocycles. The summed E-state index contributed by atoms with van der Waals surface area (Å²) in [6.45, 7) is 0.102. The highest BCUT2D eigenvalue weighted by Gasteiger charge is 2.21. The summed E-state index contributed by atoms with van der Waals surface area (Å²) in [4.78, 5) is 0.0846. The van der Waals surface area contributed by atoms with Crippen LogP contribution in [-0.2, 0) is 16.6 Å². The van der Waals surface area contributed by atoms with Gasteiger partial charge in [-0.2, -0.15) is 9.40 Å². The van der Waals surface area contributed by atoms with Crippen molar-refractivity contribution in [3.8, 4) is 0 Å². The maximum Gasteiger partial charge on any atom is 0.246 e. The fourth-order valence-corrected chi connectivity index (χ4v) is 2.60. The normalized spacial score (nSPS) is 11.9. The zero-order chi connectivity index (χ0) is 13.2. The maximum atomic E-state index is 13.0. The number of aromatic amines is 1. The lowest BCUT2D eigenvalue weighted by atomic mass is 10.2. The molecule has 2 aromatic rings. The summed E-state index contributed by atoms with van der Waals surface area (Å²) >= 11 is 0. The first kappa shape index (κ1) is 12.7. The number of halogens is 1. The fraction of sp³-hybridized carbons (Fsp3) is 0.182. The molecule has 2 rings (SSSR count). The Bertz CT molecular complexity index is 625. The van der Waals surface area contributed by atoms with E-state index in [1.54, 1.807) is 12.1 Å². The Kier molecular flexibility index (Phi) is 3.44. The van der Waals surface area contributed by atoms with Crippen molar-refractivity contribution in [3.05, 3.63) is 48.0 Å². The predicted molar refractivity (Wildman–Crippen MR) is 63.6 cm³/mol. The van der Waals surface area contributed by atoms with E-state index in [1.165, 1.54) is 31.6 Å². The molecule has 0 saturated carbocycles. The minimum Gasteiger partial charge on any atom is -0.284 e. The average molecular weight is 269 g/mol. The summed E-state index contributed by atoms with van der Waals surface area (Å²) in [5, 5.41) is 6.05. The number of rotatable bonds is 4. The van der Waals surface area contributed by atoms with Gasteiger partial charge in [-0.25, -0.2) is 12.8 Å². The number of nitrogens with one attached hydrogen (secondary N) is 1. The summed E-state index contributed by atoms with van der Waals surface area (Å²) < 4.78 is 38.3. The van der Waals surface area contributed by atoms with E-state index in [1.807, 2.05) is 0 Å². The lowest BCUT2D eigenvalue weighted by Crippen LogP contribution is -2.26. The second-order valence-electron chi connectivity index (χ2n) is 3.83. The van der Waals surface area contributed by atoms with Crippen molar-refractivity contribution in [3.63, 3.8) is 0 Å². The highest BCUT2D eigenvalue weighted by atomic mass is 32.2. The van der Waals surface area contributed by atoms with Crippen molar-refractivity contribution >= 4 is 10.0 Å². The second kappa shape index (κ2) is 4.87. The molecule has 0 amide bonds. The van der Waals surface area contributed by atoms with Crippen molar-refractivity contribution in [1.82, 2.24) is 14.5 Å². The Morgan fingerprint density at radius 2 is 2.22 bits per heavy atom. The van der Waals surface area contributed by atoms with Crippen molar-refractivity contribution in [2.75, 3.05) is 7.05 Å². The van der Waals surface area contributed by atoms with Crippen LogP contribution in [0.2, 0.25) is 0 Å². The van der Waals surface area contributed by atoms with Gasteiger partial charge in [0.05, 0.1) is 6.20 Å². The smallest absolute Gasteiger partial charge is 0.246 e. The highest BCUT2D eigenvalue weighted by Crippen LogP contribution is 2.15. The zero-order valence-electron chi connectivity index (χ0n) is 9.67. The topological polar surface area (TPSA) is 66.1 Å². The zero-order valence-corrected chi connectivity index (χ0v) is 10.5. The number of nitrogens with zero attached hydrogens (tertiary/aromatic N) is 2. The summed E-state index contributed by atoms with van der Waals surface area (Å²) in [5.41, 5.74) is 0.588. The van der Waals surface area contributed by atoms with Gasteiger partial charge in [0.15, 0.2) is 0 Å². The average Bonchev–Trinajstić information content (AvgIpc) is 2.82. The molecule has 5 nitrogen and oxygen atoms in total. The number of sulfonamides is 1. The van der Waals surface area contributed by atoms with E-state index in [-0.39, 0.29) is 17.3 Å². The van der Waals surface area contributed by atoms with E-state index < -0.39 is 10.0 Å². The number of H-pyrrole nitrogens is 1. The molecule has 0 spiro atoms. The molecule has 0 radical (unpaired) electrons. The third kappa shape index (κ3) is 2.57. The molecular formula is C11H12FN3O2S. The number of aromatic nitrogens is 2. The van der Waals surface area contributed by atoms with Crippen molar-refractivity contribution < 1.29 is 12.8 Å². The van der Waals surface area contributed by atoms with E-state index >= 15 is 0 Å². The van der Waals surface area contributed by atoms with Crippen LogP contribution < -0.4 is 0 Å². The number of hydrogen-bond acceptors (Lipinski definition) is 3. The molecule has 0 saturated heterocycles. The van der Waals surface area contributed by atoms with Crippen LogP contribution in [0.4, 0.5) is 4.39 Å². The van der Waals surface area contributed by atoms with Gasteiger partial charge in [0.2, 0.25) is 10.0 Å². The highest BCUT2D eigenvalue weighted by molar-refractivity contribution is 7.89. The third-order valence-corrected chi connectivity index (χ3v) is 4.24. The van der Waals surface area contributed by atoms with Crippen LogP contribution >= 0.6 is 0 Å². The van der Waals surface area contributed by atoms with Gasteiger partial charge in [-0.15, -0.1) is 0 Å². The van der Waals surface area contributed by atoms with Gasteiger partial charge in [-0.05, 0) is 17.7 Å². The molecule has 0 unspecified atom stereocenters. The molecule has 0 bridgehead atoms. The summed E-state index contributed by atoms with van der Waals surface area (Å²) in [5.74, 6) is -0.387. The molecule has 0 atom stereocenters. The fourth-order valence-electron chi connectivity index (χ4n) is 1.54. The minimum atomic E-state index is -3.59. The molecule has 1 aromatic carbocycles. The van der Waals surface area contributed by atoms with E-state index in [9.17, 15) is 12.8 Å². The van der Waals surface area contributed by atoms with Crippen LogP contribution in [0.15, 0.2) is 41.6 Å². The molecule has 96 valence electrons. The molecule has 18 heavy (non-hydrogen) atoms.